The Balaban J connectivity index is 2.33. The molecule has 2 aromatic rings. The van der Waals surface area contributed by atoms with Crippen LogP contribution in [0.4, 0.5) is 0 Å². The third-order valence-electron chi connectivity index (χ3n) is 3.14. The second kappa shape index (κ2) is 5.41. The minimum atomic E-state index is 0.122. The molecule has 0 spiro atoms. The fourth-order valence-electron chi connectivity index (χ4n) is 1.84. The van der Waals surface area contributed by atoms with Gasteiger partial charge in [-0.1, -0.05) is 32.9 Å². The van der Waals surface area contributed by atoms with Gasteiger partial charge in [-0.25, -0.2) is 4.98 Å². The molecule has 1 heterocycles. The first-order chi connectivity index (χ1) is 9.27. The zero-order valence-electron chi connectivity index (χ0n) is 12.5. The number of nitrogens with zero attached hydrogens (tertiary/aromatic N) is 2. The van der Waals surface area contributed by atoms with Gasteiger partial charge in [-0.15, -0.1) is 0 Å². The zero-order chi connectivity index (χ0) is 14.9. The van der Waals surface area contributed by atoms with Crippen molar-refractivity contribution in [1.29, 1.82) is 0 Å². The summed E-state index contributed by atoms with van der Waals surface area (Å²) in [6.45, 7) is 10.5. The predicted molar refractivity (Wildman–Crippen MR) is 81.7 cm³/mol. The number of hydrogen-bond acceptors (Lipinski definition) is 3. The number of rotatable bonds is 2. The van der Waals surface area contributed by atoms with Crippen molar-refractivity contribution in [3.05, 3.63) is 46.4 Å². The average molecular weight is 291 g/mol. The molecule has 0 amide bonds. The molecule has 0 saturated carbocycles. The summed E-state index contributed by atoms with van der Waals surface area (Å²) in [6, 6.07) is 6.21. The third kappa shape index (κ3) is 3.28. The maximum atomic E-state index is 5.85. The molecule has 0 radical (unpaired) electrons. The van der Waals surface area contributed by atoms with Gasteiger partial charge in [0.05, 0.1) is 0 Å². The van der Waals surface area contributed by atoms with Crippen molar-refractivity contribution in [2.24, 2.45) is 0 Å². The molecule has 0 aliphatic rings. The van der Waals surface area contributed by atoms with Gasteiger partial charge in [-0.2, -0.15) is 4.98 Å². The molecule has 1 aromatic heterocycles. The van der Waals surface area contributed by atoms with Crippen LogP contribution in [0.5, 0.6) is 11.6 Å². The lowest BCUT2D eigenvalue weighted by atomic mass is 9.86. The normalized spacial score (nSPS) is 11.5. The molecular formula is C16H19ClN2O. The molecule has 1 aromatic carbocycles. The third-order valence-corrected chi connectivity index (χ3v) is 3.33. The maximum Gasteiger partial charge on any atom is 0.226 e. The van der Waals surface area contributed by atoms with Crippen LogP contribution >= 0.6 is 11.6 Å². The van der Waals surface area contributed by atoms with E-state index in [1.165, 1.54) is 5.56 Å². The number of ether oxygens (including phenoxy) is 1. The molecule has 20 heavy (non-hydrogen) atoms. The molecule has 2 rings (SSSR count). The van der Waals surface area contributed by atoms with Crippen LogP contribution in [0.2, 0.25) is 5.28 Å². The molecule has 106 valence electrons. The highest BCUT2D eigenvalue weighted by Crippen LogP contribution is 2.30. The zero-order valence-corrected chi connectivity index (χ0v) is 13.2. The molecular weight excluding hydrogens is 272 g/mol. The fourth-order valence-corrected chi connectivity index (χ4v) is 1.97. The molecule has 0 bridgehead atoms. The highest BCUT2D eigenvalue weighted by atomic mass is 35.5. The van der Waals surface area contributed by atoms with Crippen LogP contribution in [0.25, 0.3) is 0 Å². The average Bonchev–Trinajstić information content (AvgIpc) is 2.35. The van der Waals surface area contributed by atoms with Gasteiger partial charge in [0, 0.05) is 11.8 Å². The smallest absolute Gasteiger partial charge is 0.226 e. The van der Waals surface area contributed by atoms with Gasteiger partial charge < -0.3 is 4.74 Å². The van der Waals surface area contributed by atoms with E-state index in [-0.39, 0.29) is 10.7 Å². The van der Waals surface area contributed by atoms with E-state index >= 15 is 0 Å². The first kappa shape index (κ1) is 14.8. The summed E-state index contributed by atoms with van der Waals surface area (Å²) in [6.07, 6.45) is 1.66. The molecule has 0 aliphatic heterocycles. The van der Waals surface area contributed by atoms with E-state index in [9.17, 15) is 0 Å². The lowest BCUT2D eigenvalue weighted by Gasteiger charge is -2.20. The van der Waals surface area contributed by atoms with Crippen LogP contribution in [-0.2, 0) is 5.41 Å². The molecule has 0 aliphatic carbocycles. The minimum absolute atomic E-state index is 0.122. The Hall–Kier alpha value is -1.61. The van der Waals surface area contributed by atoms with Gasteiger partial charge in [0.15, 0.2) is 0 Å². The molecule has 4 heteroatoms. The molecule has 0 unspecified atom stereocenters. The van der Waals surface area contributed by atoms with Gasteiger partial charge in [0.2, 0.25) is 11.2 Å². The van der Waals surface area contributed by atoms with Gasteiger partial charge in [-0.05, 0) is 48.1 Å². The SMILES string of the molecule is Cc1cc(C(C)(C)C)ccc1Oc1nc(Cl)ncc1C. The first-order valence-electron chi connectivity index (χ1n) is 6.55. The summed E-state index contributed by atoms with van der Waals surface area (Å²) in [5, 5.41) is 0.189. The standard InChI is InChI=1S/C16H19ClN2O/c1-10-8-12(16(3,4)5)6-7-13(10)20-14-11(2)9-18-15(17)19-14/h6-9H,1-5H3. The van der Waals surface area contributed by atoms with E-state index < -0.39 is 0 Å². The van der Waals surface area contributed by atoms with Crippen molar-refractivity contribution in [3.8, 4) is 11.6 Å². The topological polar surface area (TPSA) is 35.0 Å². The van der Waals surface area contributed by atoms with Crippen molar-refractivity contribution in [2.45, 2.75) is 40.0 Å². The van der Waals surface area contributed by atoms with E-state index in [4.69, 9.17) is 16.3 Å². The van der Waals surface area contributed by atoms with E-state index in [1.807, 2.05) is 19.9 Å². The van der Waals surface area contributed by atoms with Crippen molar-refractivity contribution in [2.75, 3.05) is 0 Å². The largest absolute Gasteiger partial charge is 0.438 e. The summed E-state index contributed by atoms with van der Waals surface area (Å²) < 4.78 is 5.85. The van der Waals surface area contributed by atoms with Gasteiger partial charge >= 0.3 is 0 Å². The summed E-state index contributed by atoms with van der Waals surface area (Å²) in [4.78, 5) is 8.04. The van der Waals surface area contributed by atoms with Crippen molar-refractivity contribution >= 4 is 11.6 Å². The van der Waals surface area contributed by atoms with Crippen LogP contribution in [0.1, 0.15) is 37.5 Å². The van der Waals surface area contributed by atoms with E-state index in [1.54, 1.807) is 6.20 Å². The van der Waals surface area contributed by atoms with Gasteiger partial charge in [0.1, 0.15) is 5.75 Å². The number of aryl methyl sites for hydroxylation is 2. The summed E-state index contributed by atoms with van der Waals surface area (Å²) in [5.41, 5.74) is 3.33. The molecule has 0 atom stereocenters. The lowest BCUT2D eigenvalue weighted by Crippen LogP contribution is -2.11. The Labute approximate surface area is 125 Å². The van der Waals surface area contributed by atoms with Crippen LogP contribution in [0.15, 0.2) is 24.4 Å². The Morgan fingerprint density at radius 3 is 2.40 bits per heavy atom. The van der Waals surface area contributed by atoms with Crippen molar-refractivity contribution < 1.29 is 4.74 Å². The second-order valence-corrected chi connectivity index (χ2v) is 6.30. The summed E-state index contributed by atoms with van der Waals surface area (Å²) in [7, 11) is 0. The first-order valence-corrected chi connectivity index (χ1v) is 6.93. The second-order valence-electron chi connectivity index (χ2n) is 5.96. The Kier molecular flexibility index (Phi) is 4.00. The molecule has 3 nitrogen and oxygen atoms in total. The van der Waals surface area contributed by atoms with E-state index in [0.717, 1.165) is 16.9 Å². The minimum Gasteiger partial charge on any atom is -0.438 e. The van der Waals surface area contributed by atoms with E-state index in [0.29, 0.717) is 5.88 Å². The number of benzene rings is 1. The van der Waals surface area contributed by atoms with Crippen LogP contribution in [-0.4, -0.2) is 9.97 Å². The Morgan fingerprint density at radius 2 is 1.80 bits per heavy atom. The lowest BCUT2D eigenvalue weighted by molar-refractivity contribution is 0.453. The Morgan fingerprint density at radius 1 is 1.10 bits per heavy atom. The van der Waals surface area contributed by atoms with Crippen LogP contribution < -0.4 is 4.74 Å². The number of halogens is 1. The van der Waals surface area contributed by atoms with Crippen LogP contribution in [0, 0.1) is 13.8 Å². The quantitative estimate of drug-likeness (QED) is 0.743. The Bertz CT molecular complexity index is 633. The van der Waals surface area contributed by atoms with Crippen molar-refractivity contribution in [3.63, 3.8) is 0 Å². The monoisotopic (exact) mass is 290 g/mol. The van der Waals surface area contributed by atoms with E-state index in [2.05, 4.69) is 42.9 Å². The van der Waals surface area contributed by atoms with Gasteiger partial charge in [0.25, 0.3) is 0 Å². The van der Waals surface area contributed by atoms with Crippen molar-refractivity contribution in [1.82, 2.24) is 9.97 Å². The summed E-state index contributed by atoms with van der Waals surface area (Å²) >= 11 is 5.81. The number of hydrogen-bond donors (Lipinski definition) is 0. The predicted octanol–water partition coefficient (Wildman–Crippen LogP) is 4.84. The highest BCUT2D eigenvalue weighted by molar-refractivity contribution is 6.28. The van der Waals surface area contributed by atoms with Gasteiger partial charge in [-0.3, -0.25) is 0 Å². The highest BCUT2D eigenvalue weighted by Gasteiger charge is 2.15. The fraction of sp³-hybridized carbons (Fsp3) is 0.375. The van der Waals surface area contributed by atoms with Crippen LogP contribution in [0.3, 0.4) is 0 Å². The maximum absolute atomic E-state index is 5.85. The molecule has 0 fully saturated rings. The molecule has 0 saturated heterocycles. The number of aromatic nitrogens is 2. The molecule has 0 N–H and O–H groups in total. The summed E-state index contributed by atoms with van der Waals surface area (Å²) in [5.74, 6) is 1.28.